The average molecular weight is 384 g/mol. The summed E-state index contributed by atoms with van der Waals surface area (Å²) in [5.41, 5.74) is 1.61. The van der Waals surface area contributed by atoms with Crippen molar-refractivity contribution < 1.29 is 19.1 Å². The molecule has 0 aromatic heterocycles. The quantitative estimate of drug-likeness (QED) is 0.632. The van der Waals surface area contributed by atoms with Crippen LogP contribution in [0.4, 0.5) is 5.69 Å². The Morgan fingerprint density at radius 2 is 1.64 bits per heavy atom. The minimum absolute atomic E-state index is 0.0502. The molecule has 2 amide bonds. The smallest absolute Gasteiger partial charge is 0.255 e. The van der Waals surface area contributed by atoms with Gasteiger partial charge in [-0.05, 0) is 57.2 Å². The third-order valence-electron chi connectivity index (χ3n) is 4.21. The fourth-order valence-corrected chi connectivity index (χ4v) is 2.72. The maximum Gasteiger partial charge on any atom is 0.255 e. The van der Waals surface area contributed by atoms with Gasteiger partial charge in [-0.25, -0.2) is 0 Å². The molecule has 0 aliphatic heterocycles. The number of amides is 2. The molecule has 0 saturated heterocycles. The first-order valence-corrected chi connectivity index (χ1v) is 9.60. The molecule has 6 heteroatoms. The Morgan fingerprint density at radius 1 is 0.929 bits per heavy atom. The molecule has 0 aliphatic carbocycles. The highest BCUT2D eigenvalue weighted by Gasteiger charge is 2.14. The number of anilines is 1. The second kappa shape index (κ2) is 11.1. The van der Waals surface area contributed by atoms with Gasteiger partial charge in [-0.15, -0.1) is 0 Å². The van der Waals surface area contributed by atoms with Crippen molar-refractivity contribution in [2.75, 3.05) is 38.2 Å². The van der Waals surface area contributed by atoms with Gasteiger partial charge < -0.3 is 19.7 Å². The molecule has 2 aromatic carbocycles. The van der Waals surface area contributed by atoms with E-state index in [0.29, 0.717) is 55.5 Å². The summed E-state index contributed by atoms with van der Waals surface area (Å²) in [5.74, 6) is 0.298. The van der Waals surface area contributed by atoms with Crippen molar-refractivity contribution in [2.45, 2.75) is 20.8 Å². The minimum Gasteiger partial charge on any atom is -0.491 e. The SMILES string of the molecule is CCOCCOc1cccc(C(=O)Nc2cccc(C(=O)N(CC)CC)c2)c1. The number of nitrogens with one attached hydrogen (secondary N) is 1. The highest BCUT2D eigenvalue weighted by molar-refractivity contribution is 6.05. The number of carbonyl (C=O) groups excluding carboxylic acids is 2. The Bertz CT molecular complexity index is 788. The Kier molecular flexibility index (Phi) is 8.49. The molecule has 2 rings (SSSR count). The second-order valence-corrected chi connectivity index (χ2v) is 6.09. The molecule has 2 aromatic rings. The lowest BCUT2D eigenvalue weighted by Gasteiger charge is -2.19. The second-order valence-electron chi connectivity index (χ2n) is 6.09. The largest absolute Gasteiger partial charge is 0.491 e. The first kappa shape index (κ1) is 21.4. The normalized spacial score (nSPS) is 10.4. The zero-order chi connectivity index (χ0) is 20.4. The summed E-state index contributed by atoms with van der Waals surface area (Å²) in [6.45, 7) is 8.66. The van der Waals surface area contributed by atoms with Crippen molar-refractivity contribution in [3.05, 3.63) is 59.7 Å². The van der Waals surface area contributed by atoms with Crippen molar-refractivity contribution in [2.24, 2.45) is 0 Å². The summed E-state index contributed by atoms with van der Waals surface area (Å²) in [5, 5.41) is 2.84. The van der Waals surface area contributed by atoms with Gasteiger partial charge in [-0.2, -0.15) is 0 Å². The molecule has 0 unspecified atom stereocenters. The van der Waals surface area contributed by atoms with Gasteiger partial charge in [-0.1, -0.05) is 12.1 Å². The van der Waals surface area contributed by atoms with Crippen LogP contribution in [-0.2, 0) is 4.74 Å². The van der Waals surface area contributed by atoms with E-state index in [-0.39, 0.29) is 11.8 Å². The van der Waals surface area contributed by atoms with Crippen molar-refractivity contribution in [1.82, 2.24) is 4.90 Å². The molecule has 150 valence electrons. The van der Waals surface area contributed by atoms with Gasteiger partial charge in [-0.3, -0.25) is 9.59 Å². The van der Waals surface area contributed by atoms with Gasteiger partial charge in [0.05, 0.1) is 6.61 Å². The predicted molar refractivity (Wildman–Crippen MR) is 110 cm³/mol. The Balaban J connectivity index is 2.05. The van der Waals surface area contributed by atoms with Crippen LogP contribution >= 0.6 is 0 Å². The van der Waals surface area contributed by atoms with Crippen LogP contribution in [0.1, 0.15) is 41.5 Å². The van der Waals surface area contributed by atoms with Crippen molar-refractivity contribution in [3.63, 3.8) is 0 Å². The Labute approximate surface area is 166 Å². The summed E-state index contributed by atoms with van der Waals surface area (Å²) >= 11 is 0. The van der Waals surface area contributed by atoms with Crippen LogP contribution in [0.25, 0.3) is 0 Å². The molecule has 0 aliphatic rings. The summed E-state index contributed by atoms with van der Waals surface area (Å²) in [4.78, 5) is 26.8. The zero-order valence-electron chi connectivity index (χ0n) is 16.7. The molecule has 0 saturated carbocycles. The molecule has 0 bridgehead atoms. The molecular weight excluding hydrogens is 356 g/mol. The Hall–Kier alpha value is -2.86. The summed E-state index contributed by atoms with van der Waals surface area (Å²) in [6.07, 6.45) is 0. The zero-order valence-corrected chi connectivity index (χ0v) is 16.7. The van der Waals surface area contributed by atoms with Crippen molar-refractivity contribution in [3.8, 4) is 5.75 Å². The topological polar surface area (TPSA) is 67.9 Å². The number of hydrogen-bond acceptors (Lipinski definition) is 4. The fraction of sp³-hybridized carbons (Fsp3) is 0.364. The molecular formula is C22H28N2O4. The molecule has 1 N–H and O–H groups in total. The molecule has 0 fully saturated rings. The van der Waals surface area contributed by atoms with E-state index < -0.39 is 0 Å². The average Bonchev–Trinajstić information content (AvgIpc) is 2.72. The third-order valence-corrected chi connectivity index (χ3v) is 4.21. The molecule has 6 nitrogen and oxygen atoms in total. The van der Waals surface area contributed by atoms with Gasteiger partial charge >= 0.3 is 0 Å². The van der Waals surface area contributed by atoms with E-state index in [1.165, 1.54) is 0 Å². The Morgan fingerprint density at radius 3 is 2.36 bits per heavy atom. The lowest BCUT2D eigenvalue weighted by atomic mass is 10.1. The third kappa shape index (κ3) is 6.09. The number of hydrogen-bond donors (Lipinski definition) is 1. The van der Waals surface area contributed by atoms with Gasteiger partial charge in [0.25, 0.3) is 11.8 Å². The van der Waals surface area contributed by atoms with Crippen LogP contribution in [-0.4, -0.2) is 49.6 Å². The predicted octanol–water partition coefficient (Wildman–Crippen LogP) is 3.84. The van der Waals surface area contributed by atoms with Crippen LogP contribution in [0.3, 0.4) is 0 Å². The maximum atomic E-state index is 12.6. The van der Waals surface area contributed by atoms with Gasteiger partial charge in [0.15, 0.2) is 0 Å². The number of rotatable bonds is 10. The van der Waals surface area contributed by atoms with Crippen LogP contribution in [0.15, 0.2) is 48.5 Å². The molecule has 0 heterocycles. The maximum absolute atomic E-state index is 12.6. The minimum atomic E-state index is -0.261. The van der Waals surface area contributed by atoms with Crippen LogP contribution in [0.5, 0.6) is 5.75 Å². The lowest BCUT2D eigenvalue weighted by molar-refractivity contribution is 0.0772. The highest BCUT2D eigenvalue weighted by Crippen LogP contribution is 2.17. The van der Waals surface area contributed by atoms with Gasteiger partial charge in [0, 0.05) is 36.5 Å². The monoisotopic (exact) mass is 384 g/mol. The van der Waals surface area contributed by atoms with E-state index in [4.69, 9.17) is 9.47 Å². The number of benzene rings is 2. The van der Waals surface area contributed by atoms with Gasteiger partial charge in [0.2, 0.25) is 0 Å². The highest BCUT2D eigenvalue weighted by atomic mass is 16.5. The number of carbonyl (C=O) groups is 2. The number of nitrogens with zero attached hydrogens (tertiary/aromatic N) is 1. The van der Waals surface area contributed by atoms with Crippen molar-refractivity contribution >= 4 is 17.5 Å². The van der Waals surface area contributed by atoms with Crippen LogP contribution in [0.2, 0.25) is 0 Å². The summed E-state index contributed by atoms with van der Waals surface area (Å²) in [7, 11) is 0. The fourth-order valence-electron chi connectivity index (χ4n) is 2.72. The molecule has 28 heavy (non-hydrogen) atoms. The number of ether oxygens (including phenoxy) is 2. The van der Waals surface area contributed by atoms with E-state index >= 15 is 0 Å². The van der Waals surface area contributed by atoms with Crippen molar-refractivity contribution in [1.29, 1.82) is 0 Å². The van der Waals surface area contributed by atoms with E-state index in [0.717, 1.165) is 0 Å². The van der Waals surface area contributed by atoms with Crippen LogP contribution < -0.4 is 10.1 Å². The van der Waals surface area contributed by atoms with Crippen LogP contribution in [0, 0.1) is 0 Å². The van der Waals surface area contributed by atoms with E-state index in [1.807, 2.05) is 20.8 Å². The molecule has 0 radical (unpaired) electrons. The van der Waals surface area contributed by atoms with E-state index in [1.54, 1.807) is 53.4 Å². The van der Waals surface area contributed by atoms with E-state index in [9.17, 15) is 9.59 Å². The van der Waals surface area contributed by atoms with Gasteiger partial charge in [0.1, 0.15) is 12.4 Å². The summed E-state index contributed by atoms with van der Waals surface area (Å²) in [6, 6.07) is 13.9. The first-order valence-electron chi connectivity index (χ1n) is 9.60. The summed E-state index contributed by atoms with van der Waals surface area (Å²) < 4.78 is 10.8. The van der Waals surface area contributed by atoms with E-state index in [2.05, 4.69) is 5.32 Å². The standard InChI is InChI=1S/C22H28N2O4/c1-4-24(5-2)22(26)18-10-7-11-19(15-18)23-21(25)17-9-8-12-20(16-17)28-14-13-27-6-3/h7-12,15-16H,4-6,13-14H2,1-3H3,(H,23,25). The molecule has 0 spiro atoms. The lowest BCUT2D eigenvalue weighted by Crippen LogP contribution is -2.30. The first-order chi connectivity index (χ1) is 13.6. The molecule has 0 atom stereocenters.